The van der Waals surface area contributed by atoms with Crippen LogP contribution >= 0.6 is 0 Å². The third kappa shape index (κ3) is 12.0. The summed E-state index contributed by atoms with van der Waals surface area (Å²) in [5.74, 6) is -2.64. The monoisotopic (exact) mass is 1020 g/mol. The molecule has 0 fully saturated rings. The van der Waals surface area contributed by atoms with Crippen molar-refractivity contribution < 1.29 is 51.4 Å². The summed E-state index contributed by atoms with van der Waals surface area (Å²) in [6, 6.07) is 84.4. The maximum atomic E-state index is 12.4. The maximum absolute atomic E-state index is 12.4. The second kappa shape index (κ2) is 26.5. The molecule has 9 aromatic carbocycles. The van der Waals surface area contributed by atoms with Crippen molar-refractivity contribution in [3.8, 4) is 0 Å². The Morgan fingerprint density at radius 2 is 0.453 bits per heavy atom. The Morgan fingerprint density at radius 1 is 0.307 bits per heavy atom. The standard InChI is InChI=1S/3C20H16O2.C8H11.Ti/c3*21-19(22)20(16-10-4-1-5-11-16,17-12-6-2-7-13-17)18-14-8-3-9-15-18;1-6-4-5-7(2)8(6)3;/h3*1-15H,(H,21,22);4H2,1-3H3;/q;;;-1;. The summed E-state index contributed by atoms with van der Waals surface area (Å²) >= 11 is 0. The van der Waals surface area contributed by atoms with Crippen LogP contribution in [0.2, 0.25) is 0 Å². The smallest absolute Gasteiger partial charge is 0.323 e. The number of hydrogen-bond donors (Lipinski definition) is 3. The van der Waals surface area contributed by atoms with Crippen molar-refractivity contribution in [3.63, 3.8) is 0 Å². The first-order valence-electron chi connectivity index (χ1n) is 24.4. The van der Waals surface area contributed by atoms with Crippen LogP contribution in [0.4, 0.5) is 0 Å². The van der Waals surface area contributed by atoms with Crippen LogP contribution in [0.3, 0.4) is 0 Å². The zero-order valence-corrected chi connectivity index (χ0v) is 43.8. The molecular weight excluding hydrogens is 961 g/mol. The number of carbonyl (C=O) groups is 3. The molecule has 0 heterocycles. The van der Waals surface area contributed by atoms with Gasteiger partial charge in [0.2, 0.25) is 0 Å². The van der Waals surface area contributed by atoms with Gasteiger partial charge in [-0.25, -0.2) is 5.57 Å². The van der Waals surface area contributed by atoms with Crippen molar-refractivity contribution in [2.24, 2.45) is 0 Å². The van der Waals surface area contributed by atoms with Crippen LogP contribution in [0, 0.1) is 6.08 Å². The van der Waals surface area contributed by atoms with E-state index in [0.29, 0.717) is 0 Å². The van der Waals surface area contributed by atoms with Crippen molar-refractivity contribution in [3.05, 3.63) is 346 Å². The Hall–Kier alpha value is -8.42. The van der Waals surface area contributed by atoms with E-state index in [1.807, 2.05) is 273 Å². The van der Waals surface area contributed by atoms with Gasteiger partial charge in [-0.15, -0.1) is 13.3 Å². The largest absolute Gasteiger partial charge is 0.480 e. The normalized spacial score (nSPS) is 11.9. The van der Waals surface area contributed by atoms with E-state index in [9.17, 15) is 29.7 Å². The number of carboxylic acid groups (broad SMARTS) is 3. The van der Waals surface area contributed by atoms with Crippen molar-refractivity contribution in [1.29, 1.82) is 0 Å². The van der Waals surface area contributed by atoms with E-state index in [2.05, 4.69) is 26.8 Å². The van der Waals surface area contributed by atoms with E-state index >= 15 is 0 Å². The third-order valence-corrected chi connectivity index (χ3v) is 13.6. The molecule has 0 unspecified atom stereocenters. The van der Waals surface area contributed by atoms with Crippen LogP contribution in [0.25, 0.3) is 0 Å². The summed E-state index contributed by atoms with van der Waals surface area (Å²) in [6.07, 6.45) is 4.31. The molecule has 75 heavy (non-hydrogen) atoms. The van der Waals surface area contributed by atoms with Crippen molar-refractivity contribution in [2.45, 2.75) is 43.4 Å². The number of benzene rings is 9. The van der Waals surface area contributed by atoms with E-state index in [0.717, 1.165) is 56.5 Å². The molecule has 0 saturated heterocycles. The van der Waals surface area contributed by atoms with E-state index in [4.69, 9.17) is 0 Å². The summed E-state index contributed by atoms with van der Waals surface area (Å²) < 4.78 is 0. The first kappa shape index (κ1) is 55.9. The van der Waals surface area contributed by atoms with Crippen LogP contribution in [0.15, 0.2) is 290 Å². The van der Waals surface area contributed by atoms with Crippen LogP contribution in [0.1, 0.15) is 77.3 Å². The Morgan fingerprint density at radius 3 is 0.533 bits per heavy atom. The van der Waals surface area contributed by atoms with Gasteiger partial charge in [0.15, 0.2) is 0 Å². The van der Waals surface area contributed by atoms with Gasteiger partial charge in [-0.05, 0) is 50.1 Å². The van der Waals surface area contributed by atoms with Gasteiger partial charge >= 0.3 is 17.9 Å². The van der Waals surface area contributed by atoms with Gasteiger partial charge in [-0.2, -0.15) is 11.1 Å². The molecule has 0 atom stereocenters. The predicted molar refractivity (Wildman–Crippen MR) is 296 cm³/mol. The molecule has 0 amide bonds. The van der Waals surface area contributed by atoms with Gasteiger partial charge in [0, 0.05) is 21.7 Å². The van der Waals surface area contributed by atoms with Crippen LogP contribution < -0.4 is 0 Å². The quantitative estimate of drug-likeness (QED) is 0.0638. The van der Waals surface area contributed by atoms with E-state index in [-0.39, 0.29) is 21.7 Å². The number of carboxylic acids is 3. The fourth-order valence-corrected chi connectivity index (χ4v) is 9.66. The Labute approximate surface area is 456 Å². The first-order valence-corrected chi connectivity index (χ1v) is 24.4. The zero-order valence-electron chi connectivity index (χ0n) is 42.3. The Bertz CT molecular complexity index is 2640. The van der Waals surface area contributed by atoms with E-state index in [1.54, 1.807) is 0 Å². The molecule has 372 valence electrons. The summed E-state index contributed by atoms with van der Waals surface area (Å²) in [5, 5.41) is 30.6. The molecular formula is C68H59O6Ti-. The molecule has 1 aliphatic carbocycles. The summed E-state index contributed by atoms with van der Waals surface area (Å²) in [4.78, 5) is 37.3. The second-order valence-electron chi connectivity index (χ2n) is 17.8. The average molecular weight is 1020 g/mol. The van der Waals surface area contributed by atoms with E-state index in [1.165, 1.54) is 16.7 Å². The number of aliphatic carboxylic acids is 3. The molecule has 0 aliphatic heterocycles. The molecule has 1 aliphatic rings. The number of allylic oxidation sites excluding steroid dienone is 4. The van der Waals surface area contributed by atoms with Gasteiger partial charge in [0.05, 0.1) is 0 Å². The van der Waals surface area contributed by atoms with E-state index < -0.39 is 34.2 Å². The summed E-state index contributed by atoms with van der Waals surface area (Å²) in [6.45, 7) is 6.44. The summed E-state index contributed by atoms with van der Waals surface area (Å²) in [7, 11) is 0. The molecule has 10 rings (SSSR count). The molecule has 9 aromatic rings. The third-order valence-electron chi connectivity index (χ3n) is 13.6. The van der Waals surface area contributed by atoms with Gasteiger partial charge < -0.3 is 15.3 Å². The molecule has 0 aromatic heterocycles. The summed E-state index contributed by atoms with van der Waals surface area (Å²) in [5.41, 5.74) is 7.38. The van der Waals surface area contributed by atoms with Crippen molar-refractivity contribution >= 4 is 17.9 Å². The fourth-order valence-electron chi connectivity index (χ4n) is 9.66. The van der Waals surface area contributed by atoms with Crippen LogP contribution in [0.5, 0.6) is 0 Å². The number of hydrogen-bond acceptors (Lipinski definition) is 3. The van der Waals surface area contributed by atoms with Crippen LogP contribution in [-0.4, -0.2) is 33.2 Å². The topological polar surface area (TPSA) is 112 Å². The molecule has 3 N–H and O–H groups in total. The van der Waals surface area contributed by atoms with Crippen LogP contribution in [-0.2, 0) is 52.3 Å². The maximum Gasteiger partial charge on any atom is 0.323 e. The second-order valence-corrected chi connectivity index (χ2v) is 17.8. The minimum Gasteiger partial charge on any atom is -0.480 e. The van der Waals surface area contributed by atoms with Crippen molar-refractivity contribution in [2.75, 3.05) is 0 Å². The molecule has 0 radical (unpaired) electrons. The molecule has 0 saturated carbocycles. The van der Waals surface area contributed by atoms with Gasteiger partial charge in [0.1, 0.15) is 16.2 Å². The first-order chi connectivity index (χ1) is 36.0. The Kier molecular flexibility index (Phi) is 19.8. The minimum atomic E-state index is -1.20. The SMILES string of the molecule is CC1=[C-]CC(C)=C1C.O=C(O)C(c1ccccc1)(c1ccccc1)c1ccccc1.O=C(O)C(c1ccccc1)(c1ccccc1)c1ccccc1.O=C(O)C(c1ccccc1)(c1ccccc1)c1ccccc1.[Ti]. The van der Waals surface area contributed by atoms with Crippen molar-refractivity contribution in [1.82, 2.24) is 0 Å². The number of rotatable bonds is 12. The predicted octanol–water partition coefficient (Wildman–Crippen LogP) is 14.8. The average Bonchev–Trinajstić information content (AvgIpc) is 3.75. The van der Waals surface area contributed by atoms with Gasteiger partial charge in [-0.3, -0.25) is 20.5 Å². The molecule has 7 heteroatoms. The van der Waals surface area contributed by atoms with Gasteiger partial charge in [-0.1, -0.05) is 287 Å². The minimum absolute atomic E-state index is 0. The zero-order chi connectivity index (χ0) is 52.4. The van der Waals surface area contributed by atoms with Gasteiger partial charge in [0.25, 0.3) is 0 Å². The Balaban J connectivity index is 0.000000169. The molecule has 0 bridgehead atoms. The fraction of sp³-hybridized carbons (Fsp3) is 0.103. The molecule has 0 spiro atoms. The molecule has 6 nitrogen and oxygen atoms in total.